The molecule has 2 saturated heterocycles. The molecule has 2 aliphatic rings. The number of Topliss-reactive ketones (excluding diaryl/α,β-unsaturated/α-hetero) is 1. The van der Waals surface area contributed by atoms with Crippen LogP contribution >= 0.6 is 0 Å². The molecule has 0 bridgehead atoms. The van der Waals surface area contributed by atoms with Crippen LogP contribution in [0.3, 0.4) is 0 Å². The summed E-state index contributed by atoms with van der Waals surface area (Å²) < 4.78 is 24.6. The van der Waals surface area contributed by atoms with Gasteiger partial charge in [-0.2, -0.15) is 0 Å². The van der Waals surface area contributed by atoms with Gasteiger partial charge in [0.1, 0.15) is 5.78 Å². The molecule has 104 valence electrons. The van der Waals surface area contributed by atoms with Crippen molar-refractivity contribution < 1.29 is 13.2 Å². The molecule has 0 radical (unpaired) electrons. The second-order valence-corrected chi connectivity index (χ2v) is 7.46. The third-order valence-electron chi connectivity index (χ3n) is 3.96. The normalized spacial score (nSPS) is 31.5. The number of piperidine rings is 2. The Labute approximate surface area is 109 Å². The van der Waals surface area contributed by atoms with Crippen molar-refractivity contribution in [2.45, 2.75) is 25.7 Å². The molecular weight excluding hydrogens is 252 g/mol. The van der Waals surface area contributed by atoms with Gasteiger partial charge in [-0.3, -0.25) is 4.79 Å². The van der Waals surface area contributed by atoms with E-state index in [1.807, 2.05) is 0 Å². The van der Waals surface area contributed by atoms with Crippen molar-refractivity contribution in [2.24, 2.45) is 11.8 Å². The van der Waals surface area contributed by atoms with Gasteiger partial charge in [-0.15, -0.1) is 0 Å². The lowest BCUT2D eigenvalue weighted by atomic mass is 9.84. The molecule has 5 nitrogen and oxygen atoms in total. The number of hydrogen-bond acceptors (Lipinski definition) is 4. The molecule has 0 aromatic rings. The number of hydrogen-bond donors (Lipinski definition) is 1. The van der Waals surface area contributed by atoms with Gasteiger partial charge in [0.15, 0.2) is 0 Å². The molecule has 0 aliphatic carbocycles. The molecule has 0 aromatic carbocycles. The van der Waals surface area contributed by atoms with Gasteiger partial charge < -0.3 is 5.32 Å². The number of sulfonamides is 1. The quantitative estimate of drug-likeness (QED) is 0.800. The average molecular weight is 274 g/mol. The van der Waals surface area contributed by atoms with E-state index >= 15 is 0 Å². The Morgan fingerprint density at radius 1 is 1.44 bits per heavy atom. The Balaban J connectivity index is 1.91. The summed E-state index contributed by atoms with van der Waals surface area (Å²) in [5.41, 5.74) is 0. The number of carbonyl (C=O) groups is 1. The van der Waals surface area contributed by atoms with Crippen molar-refractivity contribution in [3.05, 3.63) is 0 Å². The molecule has 6 heteroatoms. The molecule has 2 atom stereocenters. The van der Waals surface area contributed by atoms with Gasteiger partial charge in [0, 0.05) is 38.5 Å². The number of ketones is 1. The summed E-state index contributed by atoms with van der Waals surface area (Å²) in [5.74, 6) is 0.760. The van der Waals surface area contributed by atoms with E-state index in [1.165, 1.54) is 6.26 Å². The zero-order chi connectivity index (χ0) is 13.2. The van der Waals surface area contributed by atoms with E-state index < -0.39 is 10.0 Å². The van der Waals surface area contributed by atoms with Crippen LogP contribution in [-0.2, 0) is 14.8 Å². The Bertz CT molecular complexity index is 408. The summed E-state index contributed by atoms with van der Waals surface area (Å²) in [7, 11) is -3.08. The fourth-order valence-electron chi connectivity index (χ4n) is 2.94. The molecule has 0 spiro atoms. The molecular formula is C12H22N2O3S. The van der Waals surface area contributed by atoms with Crippen molar-refractivity contribution >= 4 is 15.8 Å². The standard InChI is InChI=1S/C12H22N2O3S/c1-18(16,17)14-6-2-3-10(9-14)7-11-8-13-5-4-12(11)15/h10-11,13H,2-9H2,1H3. The fourth-order valence-corrected chi connectivity index (χ4v) is 3.89. The number of nitrogens with one attached hydrogen (secondary N) is 1. The zero-order valence-electron chi connectivity index (χ0n) is 10.9. The molecule has 18 heavy (non-hydrogen) atoms. The molecule has 2 unspecified atom stereocenters. The van der Waals surface area contributed by atoms with Crippen LogP contribution in [0.5, 0.6) is 0 Å². The fraction of sp³-hybridized carbons (Fsp3) is 0.917. The van der Waals surface area contributed by atoms with Gasteiger partial charge in [-0.05, 0) is 25.2 Å². The smallest absolute Gasteiger partial charge is 0.211 e. The highest BCUT2D eigenvalue weighted by Crippen LogP contribution is 2.26. The number of nitrogens with zero attached hydrogens (tertiary/aromatic N) is 1. The molecule has 2 aliphatic heterocycles. The van der Waals surface area contributed by atoms with Crippen LogP contribution in [0.1, 0.15) is 25.7 Å². The Kier molecular flexibility index (Phi) is 4.40. The van der Waals surface area contributed by atoms with E-state index in [2.05, 4.69) is 5.32 Å². The van der Waals surface area contributed by atoms with Gasteiger partial charge in [0.2, 0.25) is 10.0 Å². The van der Waals surface area contributed by atoms with Crippen molar-refractivity contribution in [1.29, 1.82) is 0 Å². The lowest BCUT2D eigenvalue weighted by Crippen LogP contribution is -2.42. The van der Waals surface area contributed by atoms with Gasteiger partial charge in [0.05, 0.1) is 6.26 Å². The van der Waals surface area contributed by atoms with E-state index in [-0.39, 0.29) is 5.92 Å². The highest BCUT2D eigenvalue weighted by Gasteiger charge is 2.30. The van der Waals surface area contributed by atoms with Crippen molar-refractivity contribution in [3.63, 3.8) is 0 Å². The third-order valence-corrected chi connectivity index (χ3v) is 5.23. The maximum atomic E-state index is 11.8. The summed E-state index contributed by atoms with van der Waals surface area (Å²) in [6.07, 6.45) is 4.66. The summed E-state index contributed by atoms with van der Waals surface area (Å²) in [5, 5.41) is 3.24. The minimum Gasteiger partial charge on any atom is -0.316 e. The van der Waals surface area contributed by atoms with Crippen LogP contribution in [0, 0.1) is 11.8 Å². The van der Waals surface area contributed by atoms with Crippen LogP contribution in [0.4, 0.5) is 0 Å². The van der Waals surface area contributed by atoms with Crippen LogP contribution in [0.2, 0.25) is 0 Å². The second kappa shape index (κ2) is 5.67. The Hall–Kier alpha value is -0.460. The summed E-state index contributed by atoms with van der Waals surface area (Å²) >= 11 is 0. The first kappa shape index (κ1) is 14.0. The van der Waals surface area contributed by atoms with Crippen LogP contribution in [-0.4, -0.2) is 50.9 Å². The maximum absolute atomic E-state index is 11.8. The van der Waals surface area contributed by atoms with E-state index in [1.54, 1.807) is 4.31 Å². The summed E-state index contributed by atoms with van der Waals surface area (Å²) in [4.78, 5) is 11.8. The van der Waals surface area contributed by atoms with E-state index in [0.717, 1.165) is 32.4 Å². The lowest BCUT2D eigenvalue weighted by molar-refractivity contribution is -0.124. The number of rotatable bonds is 3. The Morgan fingerprint density at radius 3 is 2.89 bits per heavy atom. The first-order valence-corrected chi connectivity index (χ1v) is 8.50. The highest BCUT2D eigenvalue weighted by atomic mass is 32.2. The van der Waals surface area contributed by atoms with Crippen molar-refractivity contribution in [1.82, 2.24) is 9.62 Å². The SMILES string of the molecule is CS(=O)(=O)N1CCCC(CC2CNCCC2=O)C1. The van der Waals surface area contributed by atoms with Gasteiger partial charge in [-0.1, -0.05) is 0 Å². The molecule has 2 heterocycles. The lowest BCUT2D eigenvalue weighted by Gasteiger charge is -2.33. The first-order valence-electron chi connectivity index (χ1n) is 6.65. The molecule has 0 saturated carbocycles. The van der Waals surface area contributed by atoms with Crippen LogP contribution < -0.4 is 5.32 Å². The molecule has 0 amide bonds. The topological polar surface area (TPSA) is 66.5 Å². The van der Waals surface area contributed by atoms with Gasteiger partial charge >= 0.3 is 0 Å². The molecule has 0 aromatic heterocycles. The first-order chi connectivity index (χ1) is 8.47. The molecule has 2 fully saturated rings. The van der Waals surface area contributed by atoms with Crippen molar-refractivity contribution in [2.75, 3.05) is 32.4 Å². The van der Waals surface area contributed by atoms with Gasteiger partial charge in [0.25, 0.3) is 0 Å². The van der Waals surface area contributed by atoms with Crippen LogP contribution in [0.15, 0.2) is 0 Å². The third kappa shape index (κ3) is 3.52. The largest absolute Gasteiger partial charge is 0.316 e. The van der Waals surface area contributed by atoms with E-state index in [4.69, 9.17) is 0 Å². The van der Waals surface area contributed by atoms with E-state index in [0.29, 0.717) is 31.2 Å². The predicted octanol–water partition coefficient (Wildman–Crippen LogP) is 0.227. The predicted molar refractivity (Wildman–Crippen MR) is 69.7 cm³/mol. The van der Waals surface area contributed by atoms with E-state index in [9.17, 15) is 13.2 Å². The molecule has 2 rings (SSSR count). The number of carbonyl (C=O) groups excluding carboxylic acids is 1. The highest BCUT2D eigenvalue weighted by molar-refractivity contribution is 7.88. The maximum Gasteiger partial charge on any atom is 0.211 e. The average Bonchev–Trinajstić information content (AvgIpc) is 2.31. The van der Waals surface area contributed by atoms with Gasteiger partial charge in [-0.25, -0.2) is 12.7 Å². The Morgan fingerprint density at radius 2 is 2.22 bits per heavy atom. The molecule has 1 N–H and O–H groups in total. The van der Waals surface area contributed by atoms with Crippen LogP contribution in [0.25, 0.3) is 0 Å². The summed E-state index contributed by atoms with van der Waals surface area (Å²) in [6.45, 7) is 2.76. The minimum atomic E-state index is -3.08. The van der Waals surface area contributed by atoms with Crippen molar-refractivity contribution in [3.8, 4) is 0 Å². The monoisotopic (exact) mass is 274 g/mol. The summed E-state index contributed by atoms with van der Waals surface area (Å²) in [6, 6.07) is 0. The minimum absolute atomic E-state index is 0.0864. The zero-order valence-corrected chi connectivity index (χ0v) is 11.7. The second-order valence-electron chi connectivity index (χ2n) is 5.48.